The number of nitrogens with zero attached hydrogens (tertiary/aromatic N) is 2. The molecule has 0 spiro atoms. The van der Waals surface area contributed by atoms with Gasteiger partial charge in [0.1, 0.15) is 5.75 Å². The number of rotatable bonds is 4. The van der Waals surface area contributed by atoms with E-state index in [2.05, 4.69) is 4.98 Å². The molecular weight excluding hydrogens is 272 g/mol. The van der Waals surface area contributed by atoms with E-state index in [1.165, 1.54) is 17.2 Å². The minimum absolute atomic E-state index is 0.0321. The number of carbonyl (C=O) groups is 2. The van der Waals surface area contributed by atoms with E-state index in [1.807, 2.05) is 0 Å². The van der Waals surface area contributed by atoms with Gasteiger partial charge in [-0.15, -0.1) is 0 Å². The number of pyridine rings is 1. The first-order valence-corrected chi connectivity index (χ1v) is 7.10. The Morgan fingerprint density at radius 1 is 1.33 bits per heavy atom. The number of carboxylic acids is 1. The summed E-state index contributed by atoms with van der Waals surface area (Å²) in [5.74, 6) is -1.53. The Kier molecular flexibility index (Phi) is 4.45. The summed E-state index contributed by atoms with van der Waals surface area (Å²) < 4.78 is 0. The lowest BCUT2D eigenvalue weighted by Crippen LogP contribution is -2.52. The zero-order valence-corrected chi connectivity index (χ0v) is 12.1. The van der Waals surface area contributed by atoms with Gasteiger partial charge < -0.3 is 15.1 Å². The van der Waals surface area contributed by atoms with Crippen molar-refractivity contribution in [3.8, 4) is 5.75 Å². The van der Waals surface area contributed by atoms with Crippen molar-refractivity contribution in [2.24, 2.45) is 0 Å². The number of hydrogen-bond acceptors (Lipinski definition) is 4. The van der Waals surface area contributed by atoms with Crippen LogP contribution >= 0.6 is 0 Å². The van der Waals surface area contributed by atoms with Gasteiger partial charge in [0.2, 0.25) is 0 Å². The van der Waals surface area contributed by atoms with Crippen molar-refractivity contribution in [3.63, 3.8) is 0 Å². The van der Waals surface area contributed by atoms with Gasteiger partial charge in [-0.1, -0.05) is 19.3 Å². The molecule has 21 heavy (non-hydrogen) atoms. The molecule has 1 aromatic heterocycles. The lowest BCUT2D eigenvalue weighted by atomic mass is 9.78. The lowest BCUT2D eigenvalue weighted by molar-refractivity contribution is -0.140. The van der Waals surface area contributed by atoms with Crippen molar-refractivity contribution in [3.05, 3.63) is 24.0 Å². The maximum atomic E-state index is 12.6. The number of aliphatic carboxylic acids is 1. The smallest absolute Gasteiger partial charge is 0.305 e. The zero-order chi connectivity index (χ0) is 15.5. The predicted molar refractivity (Wildman–Crippen MR) is 76.1 cm³/mol. The third kappa shape index (κ3) is 3.15. The SMILES string of the molecule is CN(C(=O)c1ncccc1O)C1(CC(=O)O)CCCCC1. The van der Waals surface area contributed by atoms with Gasteiger partial charge in [-0.05, 0) is 25.0 Å². The monoisotopic (exact) mass is 292 g/mol. The summed E-state index contributed by atoms with van der Waals surface area (Å²) in [7, 11) is 1.60. The Morgan fingerprint density at radius 3 is 2.57 bits per heavy atom. The molecule has 1 aromatic rings. The van der Waals surface area contributed by atoms with E-state index in [-0.39, 0.29) is 17.9 Å². The van der Waals surface area contributed by atoms with Crippen LogP contribution in [0.2, 0.25) is 0 Å². The molecule has 0 radical (unpaired) electrons. The summed E-state index contributed by atoms with van der Waals surface area (Å²) in [6.45, 7) is 0. The maximum Gasteiger partial charge on any atom is 0.305 e. The van der Waals surface area contributed by atoms with Gasteiger partial charge in [0.15, 0.2) is 5.69 Å². The van der Waals surface area contributed by atoms with E-state index < -0.39 is 17.4 Å². The molecule has 0 atom stereocenters. The summed E-state index contributed by atoms with van der Waals surface area (Å²) in [4.78, 5) is 29.1. The van der Waals surface area contributed by atoms with E-state index in [0.717, 1.165) is 19.3 Å². The second-order valence-electron chi connectivity index (χ2n) is 5.59. The Hall–Kier alpha value is -2.11. The number of hydrogen-bond donors (Lipinski definition) is 2. The van der Waals surface area contributed by atoms with Crippen LogP contribution in [0.3, 0.4) is 0 Å². The van der Waals surface area contributed by atoms with E-state index in [9.17, 15) is 19.8 Å². The number of aromatic nitrogens is 1. The summed E-state index contributed by atoms with van der Waals surface area (Å²) in [5.41, 5.74) is -0.721. The molecule has 1 aliphatic carbocycles. The largest absolute Gasteiger partial charge is 0.505 e. The lowest BCUT2D eigenvalue weighted by Gasteiger charge is -2.43. The summed E-state index contributed by atoms with van der Waals surface area (Å²) in [5, 5.41) is 19.0. The van der Waals surface area contributed by atoms with Crippen molar-refractivity contribution in [1.82, 2.24) is 9.88 Å². The van der Waals surface area contributed by atoms with Gasteiger partial charge >= 0.3 is 5.97 Å². The summed E-state index contributed by atoms with van der Waals surface area (Å²) in [6.07, 6.45) is 5.54. The first-order chi connectivity index (χ1) is 9.96. The van der Waals surface area contributed by atoms with Crippen LogP contribution in [0.25, 0.3) is 0 Å². The number of aromatic hydroxyl groups is 1. The highest BCUT2D eigenvalue weighted by molar-refractivity contribution is 5.95. The highest BCUT2D eigenvalue weighted by Crippen LogP contribution is 2.37. The Morgan fingerprint density at radius 2 is 2.00 bits per heavy atom. The van der Waals surface area contributed by atoms with Crippen LogP contribution in [0.15, 0.2) is 18.3 Å². The average molecular weight is 292 g/mol. The van der Waals surface area contributed by atoms with Crippen molar-refractivity contribution in [2.45, 2.75) is 44.1 Å². The molecule has 1 heterocycles. The normalized spacial score (nSPS) is 17.2. The van der Waals surface area contributed by atoms with Gasteiger partial charge in [0, 0.05) is 13.2 Å². The summed E-state index contributed by atoms with van der Waals surface area (Å²) in [6, 6.07) is 2.94. The first-order valence-electron chi connectivity index (χ1n) is 7.10. The van der Waals surface area contributed by atoms with Gasteiger partial charge in [-0.3, -0.25) is 9.59 Å². The molecule has 1 fully saturated rings. The van der Waals surface area contributed by atoms with Crippen molar-refractivity contribution in [1.29, 1.82) is 0 Å². The van der Waals surface area contributed by atoms with E-state index >= 15 is 0 Å². The second-order valence-corrected chi connectivity index (χ2v) is 5.59. The van der Waals surface area contributed by atoms with Crippen LogP contribution in [0.5, 0.6) is 5.75 Å². The van der Waals surface area contributed by atoms with Crippen molar-refractivity contribution in [2.75, 3.05) is 7.05 Å². The van der Waals surface area contributed by atoms with Crippen molar-refractivity contribution >= 4 is 11.9 Å². The number of carboxylic acid groups (broad SMARTS) is 1. The van der Waals surface area contributed by atoms with Crippen LogP contribution < -0.4 is 0 Å². The molecule has 1 amide bonds. The Bertz CT molecular complexity index is 538. The Balaban J connectivity index is 2.29. The van der Waals surface area contributed by atoms with E-state index in [1.54, 1.807) is 13.1 Å². The highest BCUT2D eigenvalue weighted by atomic mass is 16.4. The fourth-order valence-corrected chi connectivity index (χ4v) is 3.06. The average Bonchev–Trinajstić information content (AvgIpc) is 2.46. The fourth-order valence-electron chi connectivity index (χ4n) is 3.06. The van der Waals surface area contributed by atoms with Crippen LogP contribution in [-0.2, 0) is 4.79 Å². The topological polar surface area (TPSA) is 90.7 Å². The molecule has 6 nitrogen and oxygen atoms in total. The van der Waals surface area contributed by atoms with Gasteiger partial charge in [-0.25, -0.2) is 4.98 Å². The fraction of sp³-hybridized carbons (Fsp3) is 0.533. The molecule has 6 heteroatoms. The van der Waals surface area contributed by atoms with Crippen LogP contribution in [0, 0.1) is 0 Å². The highest BCUT2D eigenvalue weighted by Gasteiger charge is 2.41. The number of amides is 1. The quantitative estimate of drug-likeness (QED) is 0.886. The molecule has 0 saturated heterocycles. The first kappa shape index (κ1) is 15.3. The minimum Gasteiger partial charge on any atom is -0.505 e. The molecule has 1 saturated carbocycles. The van der Waals surface area contributed by atoms with E-state index in [4.69, 9.17) is 0 Å². The molecule has 0 aromatic carbocycles. The summed E-state index contributed by atoms with van der Waals surface area (Å²) >= 11 is 0. The molecule has 0 unspecified atom stereocenters. The van der Waals surface area contributed by atoms with Gasteiger partial charge in [0.05, 0.1) is 12.0 Å². The number of carbonyl (C=O) groups excluding carboxylic acids is 1. The third-order valence-electron chi connectivity index (χ3n) is 4.27. The van der Waals surface area contributed by atoms with Gasteiger partial charge in [-0.2, -0.15) is 0 Å². The third-order valence-corrected chi connectivity index (χ3v) is 4.27. The Labute approximate surface area is 123 Å². The molecule has 2 N–H and O–H groups in total. The standard InChI is InChI=1S/C15H20N2O4/c1-17(14(21)13-11(18)6-5-9-16-13)15(10-12(19)20)7-3-2-4-8-15/h5-6,9,18H,2-4,7-8,10H2,1H3,(H,19,20). The molecule has 0 aliphatic heterocycles. The van der Waals surface area contributed by atoms with Crippen molar-refractivity contribution < 1.29 is 19.8 Å². The maximum absolute atomic E-state index is 12.6. The second kappa shape index (κ2) is 6.11. The molecule has 1 aliphatic rings. The molecule has 0 bridgehead atoms. The van der Waals surface area contributed by atoms with Crippen LogP contribution in [-0.4, -0.2) is 44.6 Å². The van der Waals surface area contributed by atoms with Crippen LogP contribution in [0.4, 0.5) is 0 Å². The molecule has 114 valence electrons. The molecular formula is C15H20N2O4. The predicted octanol–water partition coefficient (Wildman–Crippen LogP) is 2.04. The molecule has 2 rings (SSSR count). The van der Waals surface area contributed by atoms with Gasteiger partial charge in [0.25, 0.3) is 5.91 Å². The van der Waals surface area contributed by atoms with E-state index in [0.29, 0.717) is 12.8 Å². The van der Waals surface area contributed by atoms with Crippen LogP contribution in [0.1, 0.15) is 49.0 Å². The minimum atomic E-state index is -0.915. The zero-order valence-electron chi connectivity index (χ0n) is 12.1.